The van der Waals surface area contributed by atoms with E-state index in [4.69, 9.17) is 23.2 Å². The van der Waals surface area contributed by atoms with Crippen LogP contribution in [0.25, 0.3) is 0 Å². The van der Waals surface area contributed by atoms with E-state index in [0.29, 0.717) is 20.9 Å². The van der Waals surface area contributed by atoms with Gasteiger partial charge in [-0.15, -0.1) is 5.10 Å². The summed E-state index contributed by atoms with van der Waals surface area (Å²) < 4.78 is 0. The fourth-order valence-electron chi connectivity index (χ4n) is 2.23. The molecular formula is C18H14Cl2N4O2S. The van der Waals surface area contributed by atoms with Gasteiger partial charge in [0.2, 0.25) is 11.8 Å². The monoisotopic (exact) mass is 420 g/mol. The third-order valence-corrected chi connectivity index (χ3v) is 5.04. The number of hydrogen-bond donors (Lipinski definition) is 2. The van der Waals surface area contributed by atoms with Gasteiger partial charge in [-0.2, -0.15) is 5.10 Å². The van der Waals surface area contributed by atoms with Crippen molar-refractivity contribution in [3.63, 3.8) is 0 Å². The topological polar surface area (TPSA) is 82.9 Å². The van der Waals surface area contributed by atoms with Crippen LogP contribution in [0.5, 0.6) is 0 Å². The van der Waals surface area contributed by atoms with Crippen molar-refractivity contribution in [3.05, 3.63) is 64.1 Å². The molecule has 0 aliphatic carbocycles. The Bertz CT molecular complexity index is 916. The van der Waals surface area contributed by atoms with Gasteiger partial charge in [-0.3, -0.25) is 9.59 Å². The van der Waals surface area contributed by atoms with Crippen LogP contribution >= 0.6 is 35.0 Å². The number of amidine groups is 1. The standard InChI is InChI=1S/C18H14Cl2N4O2S/c19-12-6-4-11(5-7-12)10-21-24-18-23-17(26)15(27-18)9-16(25)22-14-3-1-2-13(20)8-14/h1-8,10,15H,9H2,(H,22,25)(H,23,24,26)/b21-10+. The van der Waals surface area contributed by atoms with Gasteiger partial charge in [0.15, 0.2) is 5.17 Å². The number of nitrogens with one attached hydrogen (secondary N) is 2. The average Bonchev–Trinajstić information content (AvgIpc) is 2.96. The maximum atomic E-state index is 12.1. The number of carbonyl (C=O) groups is 2. The van der Waals surface area contributed by atoms with Gasteiger partial charge < -0.3 is 10.6 Å². The number of rotatable bonds is 5. The van der Waals surface area contributed by atoms with Crippen molar-refractivity contribution in [3.8, 4) is 0 Å². The van der Waals surface area contributed by atoms with Gasteiger partial charge in [0.25, 0.3) is 0 Å². The van der Waals surface area contributed by atoms with E-state index in [1.54, 1.807) is 54.7 Å². The van der Waals surface area contributed by atoms with Gasteiger partial charge in [-0.1, -0.05) is 53.2 Å². The van der Waals surface area contributed by atoms with Crippen LogP contribution in [0.4, 0.5) is 5.69 Å². The van der Waals surface area contributed by atoms with Crippen molar-refractivity contribution >= 4 is 63.8 Å². The molecule has 1 unspecified atom stereocenters. The number of anilines is 1. The first kappa shape index (κ1) is 19.4. The zero-order valence-corrected chi connectivity index (χ0v) is 16.2. The molecule has 1 saturated heterocycles. The highest BCUT2D eigenvalue weighted by molar-refractivity contribution is 8.15. The van der Waals surface area contributed by atoms with Crippen molar-refractivity contribution in [2.24, 2.45) is 10.2 Å². The van der Waals surface area contributed by atoms with Crippen LogP contribution in [0.2, 0.25) is 10.0 Å². The van der Waals surface area contributed by atoms with Crippen molar-refractivity contribution < 1.29 is 9.59 Å². The highest BCUT2D eigenvalue weighted by Crippen LogP contribution is 2.23. The van der Waals surface area contributed by atoms with Crippen LogP contribution in [0.3, 0.4) is 0 Å². The molecule has 0 saturated carbocycles. The lowest BCUT2D eigenvalue weighted by molar-refractivity contribution is -0.122. The normalized spacial score (nSPS) is 18.1. The number of nitrogens with zero attached hydrogens (tertiary/aromatic N) is 2. The molecule has 2 aromatic carbocycles. The van der Waals surface area contributed by atoms with Crippen LogP contribution in [-0.2, 0) is 9.59 Å². The van der Waals surface area contributed by atoms with Gasteiger partial charge in [0.1, 0.15) is 5.25 Å². The smallest absolute Gasteiger partial charge is 0.240 e. The van der Waals surface area contributed by atoms with Gasteiger partial charge in [0, 0.05) is 22.2 Å². The Morgan fingerprint density at radius 3 is 2.70 bits per heavy atom. The van der Waals surface area contributed by atoms with E-state index in [1.807, 2.05) is 0 Å². The van der Waals surface area contributed by atoms with Gasteiger partial charge in [-0.25, -0.2) is 0 Å². The van der Waals surface area contributed by atoms with E-state index >= 15 is 0 Å². The lowest BCUT2D eigenvalue weighted by atomic mass is 10.2. The number of amides is 2. The molecule has 138 valence electrons. The first-order valence-corrected chi connectivity index (χ1v) is 9.53. The predicted molar refractivity (Wildman–Crippen MR) is 111 cm³/mol. The predicted octanol–water partition coefficient (Wildman–Crippen LogP) is 3.94. The first-order valence-electron chi connectivity index (χ1n) is 7.89. The Kier molecular flexibility index (Phi) is 6.49. The van der Waals surface area contributed by atoms with Crippen LogP contribution in [0, 0.1) is 0 Å². The largest absolute Gasteiger partial charge is 0.326 e. The summed E-state index contributed by atoms with van der Waals surface area (Å²) in [5.74, 6) is -0.558. The minimum Gasteiger partial charge on any atom is -0.326 e. The van der Waals surface area contributed by atoms with E-state index in [9.17, 15) is 9.59 Å². The summed E-state index contributed by atoms with van der Waals surface area (Å²) in [5.41, 5.74) is 1.41. The van der Waals surface area contributed by atoms with Gasteiger partial charge in [0.05, 0.1) is 6.21 Å². The van der Waals surface area contributed by atoms with E-state index in [1.165, 1.54) is 11.8 Å². The van der Waals surface area contributed by atoms with Crippen LogP contribution in [0.15, 0.2) is 58.7 Å². The molecule has 2 N–H and O–H groups in total. The average molecular weight is 421 g/mol. The second kappa shape index (κ2) is 9.03. The minimum absolute atomic E-state index is 0.0168. The molecule has 3 rings (SSSR count). The molecule has 9 heteroatoms. The first-order chi connectivity index (χ1) is 13.0. The fraction of sp³-hybridized carbons (Fsp3) is 0.111. The summed E-state index contributed by atoms with van der Waals surface area (Å²) in [6.45, 7) is 0. The van der Waals surface area contributed by atoms with Gasteiger partial charge in [-0.05, 0) is 35.9 Å². The molecule has 1 heterocycles. The highest BCUT2D eigenvalue weighted by atomic mass is 35.5. The summed E-state index contributed by atoms with van der Waals surface area (Å²) in [4.78, 5) is 24.1. The third-order valence-electron chi connectivity index (χ3n) is 3.48. The van der Waals surface area contributed by atoms with Crippen molar-refractivity contribution in [1.82, 2.24) is 5.32 Å². The van der Waals surface area contributed by atoms with Crippen molar-refractivity contribution in [2.75, 3.05) is 5.32 Å². The lowest BCUT2D eigenvalue weighted by Crippen LogP contribution is -2.28. The third kappa shape index (κ3) is 5.82. The Hall–Kier alpha value is -2.35. The Morgan fingerprint density at radius 2 is 1.96 bits per heavy atom. The van der Waals surface area contributed by atoms with Gasteiger partial charge >= 0.3 is 0 Å². The second-order valence-corrected chi connectivity index (χ2v) is 7.62. The second-order valence-electron chi connectivity index (χ2n) is 5.56. The molecule has 0 radical (unpaired) electrons. The summed E-state index contributed by atoms with van der Waals surface area (Å²) in [5, 5.41) is 14.2. The molecule has 0 bridgehead atoms. The molecule has 1 aliphatic heterocycles. The molecule has 2 amide bonds. The molecule has 6 nitrogen and oxygen atoms in total. The van der Waals surface area contributed by atoms with Crippen LogP contribution in [0.1, 0.15) is 12.0 Å². The summed E-state index contributed by atoms with van der Waals surface area (Å²) in [7, 11) is 0. The SMILES string of the molecule is O=C(CC1S/C(=N\N=C\c2ccc(Cl)cc2)NC1=O)Nc1cccc(Cl)c1. The van der Waals surface area contributed by atoms with Crippen molar-refractivity contribution in [2.45, 2.75) is 11.7 Å². The molecule has 1 atom stereocenters. The van der Waals surface area contributed by atoms with Crippen LogP contribution < -0.4 is 10.6 Å². The maximum absolute atomic E-state index is 12.1. The minimum atomic E-state index is -0.561. The van der Waals surface area contributed by atoms with E-state index < -0.39 is 5.25 Å². The molecule has 0 aromatic heterocycles. The summed E-state index contributed by atoms with van der Waals surface area (Å²) in [6.07, 6.45) is 1.57. The quantitative estimate of drug-likeness (QED) is 0.567. The summed E-state index contributed by atoms with van der Waals surface area (Å²) in [6, 6.07) is 13.9. The van der Waals surface area contributed by atoms with E-state index in [-0.39, 0.29) is 18.2 Å². The van der Waals surface area contributed by atoms with E-state index in [0.717, 1.165) is 5.56 Å². The molecule has 2 aromatic rings. The maximum Gasteiger partial charge on any atom is 0.240 e. The molecule has 1 fully saturated rings. The molecule has 1 aliphatic rings. The number of hydrogen-bond acceptors (Lipinski definition) is 5. The molecular weight excluding hydrogens is 407 g/mol. The zero-order valence-electron chi connectivity index (χ0n) is 13.9. The summed E-state index contributed by atoms with van der Waals surface area (Å²) >= 11 is 12.9. The molecule has 27 heavy (non-hydrogen) atoms. The van der Waals surface area contributed by atoms with E-state index in [2.05, 4.69) is 20.8 Å². The molecule has 0 spiro atoms. The Labute approximate surface area is 170 Å². The highest BCUT2D eigenvalue weighted by Gasteiger charge is 2.32. The lowest BCUT2D eigenvalue weighted by Gasteiger charge is -2.07. The van der Waals surface area contributed by atoms with Crippen LogP contribution in [-0.4, -0.2) is 28.4 Å². The Morgan fingerprint density at radius 1 is 1.19 bits per heavy atom. The Balaban J connectivity index is 1.55. The number of halogens is 2. The zero-order chi connectivity index (χ0) is 19.2. The number of carbonyl (C=O) groups excluding carboxylic acids is 2. The number of benzene rings is 2. The number of thioether (sulfide) groups is 1. The van der Waals surface area contributed by atoms with Crippen molar-refractivity contribution in [1.29, 1.82) is 0 Å². The fourth-order valence-corrected chi connectivity index (χ4v) is 3.47.